The molecule has 1 aromatic rings. The van der Waals surface area contributed by atoms with E-state index in [1.165, 1.54) is 0 Å². The summed E-state index contributed by atoms with van der Waals surface area (Å²) in [6.45, 7) is 8.24. The lowest BCUT2D eigenvalue weighted by Crippen LogP contribution is -2.48. The van der Waals surface area contributed by atoms with Crippen LogP contribution in [0.25, 0.3) is 0 Å². The van der Waals surface area contributed by atoms with E-state index in [9.17, 15) is 4.79 Å². The average molecular weight is 340 g/mol. The molecule has 2 heterocycles. The van der Waals surface area contributed by atoms with Crippen molar-refractivity contribution >= 4 is 23.7 Å². The van der Waals surface area contributed by atoms with Crippen molar-refractivity contribution in [2.45, 2.75) is 58.7 Å². The smallest absolute Gasteiger partial charge is 0.342 e. The van der Waals surface area contributed by atoms with Crippen LogP contribution in [0.2, 0.25) is 0 Å². The van der Waals surface area contributed by atoms with Crippen LogP contribution in [0.5, 0.6) is 6.01 Å². The van der Waals surface area contributed by atoms with Crippen LogP contribution in [0.15, 0.2) is 0 Å². The van der Waals surface area contributed by atoms with Gasteiger partial charge in [-0.25, -0.2) is 0 Å². The molecular formula is C14H24N6O2S. The molecule has 8 nitrogen and oxygen atoms in total. The Morgan fingerprint density at radius 2 is 2.35 bits per heavy atom. The first-order chi connectivity index (χ1) is 11.1. The van der Waals surface area contributed by atoms with Crippen molar-refractivity contribution in [3.05, 3.63) is 0 Å². The molecule has 0 aromatic carbocycles. The SMILES string of the molecule is CCCn1nnnc1OC(=S)N(CN1CCC[C@@H]1C=O)C(C)C. The first-order valence-electron chi connectivity index (χ1n) is 8.00. The maximum Gasteiger partial charge on any atom is 0.342 e. The van der Waals surface area contributed by atoms with Crippen molar-refractivity contribution < 1.29 is 9.53 Å². The molecule has 0 saturated carbocycles. The standard InChI is InChI=1S/C14H24N6O2S/c1-4-7-20-13(15-16-17-20)22-14(23)19(11(2)3)10-18-8-5-6-12(18)9-21/h9,11-12H,4-8,10H2,1-3H3/t12-/m1/s1. The molecule has 1 aliphatic rings. The van der Waals surface area contributed by atoms with E-state index in [2.05, 4.69) is 20.4 Å². The first kappa shape index (κ1) is 17.7. The number of tetrazole rings is 1. The molecule has 0 amide bonds. The van der Waals surface area contributed by atoms with Crippen LogP contribution in [-0.4, -0.2) is 66.8 Å². The monoisotopic (exact) mass is 340 g/mol. The van der Waals surface area contributed by atoms with Gasteiger partial charge in [0.1, 0.15) is 6.29 Å². The fourth-order valence-electron chi connectivity index (χ4n) is 2.57. The Bertz CT molecular complexity index is 535. The number of rotatable bonds is 7. The van der Waals surface area contributed by atoms with Crippen molar-refractivity contribution in [1.82, 2.24) is 30.0 Å². The van der Waals surface area contributed by atoms with Crippen molar-refractivity contribution in [2.24, 2.45) is 0 Å². The van der Waals surface area contributed by atoms with E-state index in [0.29, 0.717) is 24.4 Å². The summed E-state index contributed by atoms with van der Waals surface area (Å²) in [4.78, 5) is 15.2. The molecule has 0 bridgehead atoms. The lowest BCUT2D eigenvalue weighted by molar-refractivity contribution is -0.112. The Balaban J connectivity index is 2.03. The van der Waals surface area contributed by atoms with Gasteiger partial charge in [0.25, 0.3) is 5.17 Å². The van der Waals surface area contributed by atoms with Gasteiger partial charge in [-0.1, -0.05) is 12.0 Å². The number of nitrogens with zero attached hydrogens (tertiary/aromatic N) is 6. The van der Waals surface area contributed by atoms with Crippen molar-refractivity contribution in [2.75, 3.05) is 13.2 Å². The van der Waals surface area contributed by atoms with Gasteiger partial charge in [-0.3, -0.25) is 4.90 Å². The zero-order valence-electron chi connectivity index (χ0n) is 13.9. The normalized spacial score (nSPS) is 18.3. The van der Waals surface area contributed by atoms with Crippen LogP contribution in [-0.2, 0) is 11.3 Å². The minimum absolute atomic E-state index is 0.0375. The molecule has 1 atom stereocenters. The van der Waals surface area contributed by atoms with Gasteiger partial charge in [-0.05, 0) is 55.8 Å². The number of likely N-dealkylation sites (tertiary alicyclic amines) is 1. The van der Waals surface area contributed by atoms with Crippen LogP contribution in [0.4, 0.5) is 0 Å². The quantitative estimate of drug-likeness (QED) is 0.539. The zero-order chi connectivity index (χ0) is 16.8. The lowest BCUT2D eigenvalue weighted by Gasteiger charge is -2.33. The second-order valence-electron chi connectivity index (χ2n) is 5.92. The van der Waals surface area contributed by atoms with Crippen LogP contribution in [0.3, 0.4) is 0 Å². The van der Waals surface area contributed by atoms with E-state index in [1.807, 2.05) is 25.7 Å². The zero-order valence-corrected chi connectivity index (χ0v) is 14.7. The largest absolute Gasteiger partial charge is 0.396 e. The van der Waals surface area contributed by atoms with Gasteiger partial charge in [0, 0.05) is 19.1 Å². The van der Waals surface area contributed by atoms with Crippen molar-refractivity contribution in [3.8, 4) is 6.01 Å². The number of ether oxygens (including phenoxy) is 1. The van der Waals surface area contributed by atoms with E-state index in [-0.39, 0.29) is 12.1 Å². The third kappa shape index (κ3) is 4.44. The van der Waals surface area contributed by atoms with Gasteiger partial charge in [-0.2, -0.15) is 4.68 Å². The Hall–Kier alpha value is -1.61. The summed E-state index contributed by atoms with van der Waals surface area (Å²) in [7, 11) is 0. The summed E-state index contributed by atoms with van der Waals surface area (Å²) >= 11 is 5.43. The van der Waals surface area contributed by atoms with Gasteiger partial charge in [0.05, 0.1) is 12.7 Å². The fraction of sp³-hybridized carbons (Fsp3) is 0.786. The Morgan fingerprint density at radius 3 is 3.00 bits per heavy atom. The van der Waals surface area contributed by atoms with Crippen LogP contribution >= 0.6 is 12.2 Å². The second kappa shape index (κ2) is 8.30. The number of thiocarbonyl (C=S) groups is 1. The number of hydrogen-bond donors (Lipinski definition) is 0. The molecule has 2 rings (SSSR count). The second-order valence-corrected chi connectivity index (χ2v) is 6.26. The molecule has 0 aliphatic carbocycles. The number of carbonyl (C=O) groups excluding carboxylic acids is 1. The highest BCUT2D eigenvalue weighted by Gasteiger charge is 2.28. The minimum Gasteiger partial charge on any atom is -0.396 e. The van der Waals surface area contributed by atoms with E-state index in [0.717, 1.165) is 32.1 Å². The molecule has 1 aliphatic heterocycles. The topological polar surface area (TPSA) is 76.4 Å². The highest BCUT2D eigenvalue weighted by atomic mass is 32.1. The van der Waals surface area contributed by atoms with Crippen LogP contribution in [0, 0.1) is 0 Å². The maximum absolute atomic E-state index is 11.2. The third-order valence-electron chi connectivity index (χ3n) is 3.88. The van der Waals surface area contributed by atoms with Gasteiger partial charge in [-0.15, -0.1) is 0 Å². The van der Waals surface area contributed by atoms with E-state index >= 15 is 0 Å². The van der Waals surface area contributed by atoms with Crippen LogP contribution < -0.4 is 4.74 Å². The fourth-order valence-corrected chi connectivity index (χ4v) is 2.91. The van der Waals surface area contributed by atoms with Gasteiger partial charge in [0.15, 0.2) is 0 Å². The van der Waals surface area contributed by atoms with Gasteiger partial charge >= 0.3 is 6.01 Å². The average Bonchev–Trinajstić information content (AvgIpc) is 3.14. The van der Waals surface area contributed by atoms with E-state index in [1.54, 1.807) is 4.68 Å². The van der Waals surface area contributed by atoms with Crippen molar-refractivity contribution in [3.63, 3.8) is 0 Å². The maximum atomic E-state index is 11.2. The first-order valence-corrected chi connectivity index (χ1v) is 8.41. The Kier molecular flexibility index (Phi) is 6.40. The number of carbonyl (C=O) groups is 1. The number of aryl methyl sites for hydroxylation is 1. The molecule has 0 unspecified atom stereocenters. The summed E-state index contributed by atoms with van der Waals surface area (Å²) in [5.74, 6) is 0. The predicted octanol–water partition coefficient (Wildman–Crippen LogP) is 1.08. The molecule has 0 radical (unpaired) electrons. The minimum atomic E-state index is -0.0375. The molecule has 23 heavy (non-hydrogen) atoms. The Labute approximate surface area is 141 Å². The summed E-state index contributed by atoms with van der Waals surface area (Å²) in [6.07, 6.45) is 3.84. The lowest BCUT2D eigenvalue weighted by atomic mass is 10.2. The van der Waals surface area contributed by atoms with Gasteiger partial charge < -0.3 is 14.4 Å². The summed E-state index contributed by atoms with van der Waals surface area (Å²) < 4.78 is 7.30. The van der Waals surface area contributed by atoms with Crippen molar-refractivity contribution in [1.29, 1.82) is 0 Å². The molecule has 1 saturated heterocycles. The highest BCUT2D eigenvalue weighted by Crippen LogP contribution is 2.17. The van der Waals surface area contributed by atoms with E-state index in [4.69, 9.17) is 17.0 Å². The molecule has 9 heteroatoms. The molecular weight excluding hydrogens is 316 g/mol. The summed E-state index contributed by atoms with van der Waals surface area (Å²) in [5, 5.41) is 11.7. The number of aromatic nitrogens is 4. The molecule has 128 valence electrons. The predicted molar refractivity (Wildman–Crippen MR) is 89.0 cm³/mol. The molecule has 0 N–H and O–H groups in total. The molecule has 0 spiro atoms. The Morgan fingerprint density at radius 1 is 1.57 bits per heavy atom. The number of aldehydes is 1. The van der Waals surface area contributed by atoms with E-state index < -0.39 is 0 Å². The third-order valence-corrected chi connectivity index (χ3v) is 4.19. The van der Waals surface area contributed by atoms with Crippen LogP contribution in [0.1, 0.15) is 40.0 Å². The summed E-state index contributed by atoms with van der Waals surface area (Å²) in [6, 6.07) is 0.409. The molecule has 1 fully saturated rings. The summed E-state index contributed by atoms with van der Waals surface area (Å²) in [5.41, 5.74) is 0. The molecule has 1 aromatic heterocycles. The van der Waals surface area contributed by atoms with Gasteiger partial charge in [0.2, 0.25) is 0 Å². The number of hydrogen-bond acceptors (Lipinski definition) is 7. The highest BCUT2D eigenvalue weighted by molar-refractivity contribution is 7.80.